The number of nitrogens with one attached hydrogen (secondary N) is 2. The van der Waals surface area contributed by atoms with Gasteiger partial charge in [0.25, 0.3) is 0 Å². The summed E-state index contributed by atoms with van der Waals surface area (Å²) in [6.07, 6.45) is 0. The normalized spacial score (nSPS) is 11.5. The highest BCUT2D eigenvalue weighted by Gasteiger charge is 2.12. The molecule has 0 radical (unpaired) electrons. The molecule has 1 amide bonds. The SMILES string of the molecule is CNCC(=O)NCCN(C(C)C)C(C)C. The minimum atomic E-state index is 0.0602. The van der Waals surface area contributed by atoms with Crippen molar-refractivity contribution in [2.24, 2.45) is 0 Å². The van der Waals surface area contributed by atoms with Crippen LogP contribution in [-0.2, 0) is 4.79 Å². The van der Waals surface area contributed by atoms with Crippen molar-refractivity contribution >= 4 is 5.91 Å². The van der Waals surface area contributed by atoms with E-state index in [-0.39, 0.29) is 5.91 Å². The smallest absolute Gasteiger partial charge is 0.233 e. The second kappa shape index (κ2) is 7.65. The van der Waals surface area contributed by atoms with Crippen molar-refractivity contribution in [2.75, 3.05) is 26.7 Å². The van der Waals surface area contributed by atoms with Crippen LogP contribution in [0.4, 0.5) is 0 Å². The molecular weight excluding hydrogens is 190 g/mol. The molecule has 0 aliphatic heterocycles. The lowest BCUT2D eigenvalue weighted by atomic mass is 10.2. The molecule has 0 aliphatic rings. The molecule has 0 fully saturated rings. The third-order valence-electron chi connectivity index (χ3n) is 2.36. The van der Waals surface area contributed by atoms with Gasteiger partial charge >= 0.3 is 0 Å². The minimum absolute atomic E-state index is 0.0602. The van der Waals surface area contributed by atoms with Gasteiger partial charge in [-0.05, 0) is 34.7 Å². The molecule has 0 atom stereocenters. The number of likely N-dealkylation sites (N-methyl/N-ethyl adjacent to an activating group) is 1. The zero-order chi connectivity index (χ0) is 11.8. The summed E-state index contributed by atoms with van der Waals surface area (Å²) in [4.78, 5) is 13.5. The van der Waals surface area contributed by atoms with E-state index in [4.69, 9.17) is 0 Å². The first kappa shape index (κ1) is 14.4. The average molecular weight is 215 g/mol. The quantitative estimate of drug-likeness (QED) is 0.648. The molecule has 0 unspecified atom stereocenters. The number of carbonyl (C=O) groups excluding carboxylic acids is 1. The Balaban J connectivity index is 3.76. The van der Waals surface area contributed by atoms with Crippen LogP contribution in [0.2, 0.25) is 0 Å². The van der Waals surface area contributed by atoms with Crippen LogP contribution in [0.3, 0.4) is 0 Å². The van der Waals surface area contributed by atoms with Crippen molar-refractivity contribution < 1.29 is 4.79 Å². The van der Waals surface area contributed by atoms with E-state index < -0.39 is 0 Å². The molecule has 15 heavy (non-hydrogen) atoms. The van der Waals surface area contributed by atoms with E-state index in [0.717, 1.165) is 13.1 Å². The minimum Gasteiger partial charge on any atom is -0.354 e. The predicted octanol–water partition coefficient (Wildman–Crippen LogP) is 0.441. The number of nitrogens with zero attached hydrogens (tertiary/aromatic N) is 1. The van der Waals surface area contributed by atoms with E-state index in [2.05, 4.69) is 43.2 Å². The average Bonchev–Trinajstić information content (AvgIpc) is 2.11. The molecule has 0 rings (SSSR count). The highest BCUT2D eigenvalue weighted by atomic mass is 16.1. The van der Waals surface area contributed by atoms with Crippen LogP contribution in [0.25, 0.3) is 0 Å². The van der Waals surface area contributed by atoms with Gasteiger partial charge in [-0.3, -0.25) is 9.69 Å². The Morgan fingerprint density at radius 1 is 1.20 bits per heavy atom. The third kappa shape index (κ3) is 6.47. The van der Waals surface area contributed by atoms with E-state index in [1.807, 2.05) is 0 Å². The summed E-state index contributed by atoms with van der Waals surface area (Å²) in [5, 5.41) is 5.71. The number of hydrogen-bond donors (Lipinski definition) is 2. The largest absolute Gasteiger partial charge is 0.354 e. The Morgan fingerprint density at radius 3 is 2.13 bits per heavy atom. The summed E-state index contributed by atoms with van der Waals surface area (Å²) in [7, 11) is 1.77. The maximum Gasteiger partial charge on any atom is 0.233 e. The molecule has 0 saturated heterocycles. The molecule has 90 valence electrons. The van der Waals surface area contributed by atoms with Gasteiger partial charge in [0.1, 0.15) is 0 Å². The van der Waals surface area contributed by atoms with Crippen molar-refractivity contribution in [1.82, 2.24) is 15.5 Å². The van der Waals surface area contributed by atoms with Gasteiger partial charge in [0.05, 0.1) is 6.54 Å². The molecule has 2 N–H and O–H groups in total. The fourth-order valence-electron chi connectivity index (χ4n) is 1.66. The standard InChI is InChI=1S/C11H25N3O/c1-9(2)14(10(3)4)7-6-13-11(15)8-12-5/h9-10,12H,6-8H2,1-5H3,(H,13,15). The van der Waals surface area contributed by atoms with Crippen LogP contribution in [0.1, 0.15) is 27.7 Å². The Hall–Kier alpha value is -0.610. The maximum atomic E-state index is 11.2. The van der Waals surface area contributed by atoms with Gasteiger partial charge in [0.2, 0.25) is 5.91 Å². The van der Waals surface area contributed by atoms with Crippen LogP contribution in [-0.4, -0.2) is 49.6 Å². The Kier molecular flexibility index (Phi) is 7.34. The van der Waals surface area contributed by atoms with Gasteiger partial charge < -0.3 is 10.6 Å². The van der Waals surface area contributed by atoms with Gasteiger partial charge in [-0.2, -0.15) is 0 Å². The molecule has 4 nitrogen and oxygen atoms in total. The molecule has 4 heteroatoms. The van der Waals surface area contributed by atoms with E-state index >= 15 is 0 Å². The lowest BCUT2D eigenvalue weighted by molar-refractivity contribution is -0.120. The van der Waals surface area contributed by atoms with Crippen LogP contribution in [0.15, 0.2) is 0 Å². The Labute approximate surface area is 93.4 Å². The van der Waals surface area contributed by atoms with E-state index in [1.165, 1.54) is 0 Å². The Bertz CT molecular complexity index is 173. The molecule has 0 aromatic heterocycles. The summed E-state index contributed by atoms with van der Waals surface area (Å²) in [6.45, 7) is 10.7. The summed E-state index contributed by atoms with van der Waals surface area (Å²) in [5.74, 6) is 0.0602. The highest BCUT2D eigenvalue weighted by Crippen LogP contribution is 2.02. The summed E-state index contributed by atoms with van der Waals surface area (Å²) < 4.78 is 0. The van der Waals surface area contributed by atoms with Crippen molar-refractivity contribution in [3.05, 3.63) is 0 Å². The lowest BCUT2D eigenvalue weighted by Gasteiger charge is -2.30. The van der Waals surface area contributed by atoms with E-state index in [9.17, 15) is 4.79 Å². The molecule has 0 heterocycles. The molecule has 0 aliphatic carbocycles. The van der Waals surface area contributed by atoms with Crippen LogP contribution in [0.5, 0.6) is 0 Å². The summed E-state index contributed by atoms with van der Waals surface area (Å²) in [6, 6.07) is 1.04. The lowest BCUT2D eigenvalue weighted by Crippen LogP contribution is -2.43. The van der Waals surface area contributed by atoms with Crippen LogP contribution in [0, 0.1) is 0 Å². The highest BCUT2D eigenvalue weighted by molar-refractivity contribution is 5.77. The topological polar surface area (TPSA) is 44.4 Å². The monoisotopic (exact) mass is 215 g/mol. The number of rotatable bonds is 7. The van der Waals surface area contributed by atoms with Gasteiger partial charge in [0, 0.05) is 25.2 Å². The van der Waals surface area contributed by atoms with Crippen molar-refractivity contribution in [2.45, 2.75) is 39.8 Å². The van der Waals surface area contributed by atoms with Gasteiger partial charge in [-0.1, -0.05) is 0 Å². The molecule has 0 spiro atoms. The first-order valence-electron chi connectivity index (χ1n) is 5.66. The molecule has 0 bridgehead atoms. The first-order valence-corrected chi connectivity index (χ1v) is 5.66. The zero-order valence-electron chi connectivity index (χ0n) is 10.6. The van der Waals surface area contributed by atoms with Crippen molar-refractivity contribution in [1.29, 1.82) is 0 Å². The van der Waals surface area contributed by atoms with Crippen molar-refractivity contribution in [3.8, 4) is 0 Å². The number of amides is 1. The summed E-state index contributed by atoms with van der Waals surface area (Å²) >= 11 is 0. The first-order chi connectivity index (χ1) is 6.99. The van der Waals surface area contributed by atoms with Crippen LogP contribution >= 0.6 is 0 Å². The zero-order valence-corrected chi connectivity index (χ0v) is 10.6. The van der Waals surface area contributed by atoms with Gasteiger partial charge in [0.15, 0.2) is 0 Å². The fraction of sp³-hybridized carbons (Fsp3) is 0.909. The third-order valence-corrected chi connectivity index (χ3v) is 2.36. The second-order valence-corrected chi connectivity index (χ2v) is 4.31. The van der Waals surface area contributed by atoms with Crippen LogP contribution < -0.4 is 10.6 Å². The second-order valence-electron chi connectivity index (χ2n) is 4.31. The molecular formula is C11H25N3O. The predicted molar refractivity (Wildman–Crippen MR) is 63.9 cm³/mol. The summed E-state index contributed by atoms with van der Waals surface area (Å²) in [5.41, 5.74) is 0. The molecule has 0 aromatic rings. The fourth-order valence-corrected chi connectivity index (χ4v) is 1.66. The van der Waals surface area contributed by atoms with Crippen molar-refractivity contribution in [3.63, 3.8) is 0 Å². The molecule has 0 saturated carbocycles. The van der Waals surface area contributed by atoms with Gasteiger partial charge in [-0.25, -0.2) is 0 Å². The van der Waals surface area contributed by atoms with E-state index in [0.29, 0.717) is 18.6 Å². The maximum absolute atomic E-state index is 11.2. The number of hydrogen-bond acceptors (Lipinski definition) is 3. The Morgan fingerprint density at radius 2 is 1.73 bits per heavy atom. The van der Waals surface area contributed by atoms with Gasteiger partial charge in [-0.15, -0.1) is 0 Å². The number of carbonyl (C=O) groups is 1. The van der Waals surface area contributed by atoms with E-state index in [1.54, 1.807) is 7.05 Å². The molecule has 0 aromatic carbocycles.